The zero-order valence-corrected chi connectivity index (χ0v) is 19.0. The molecule has 1 aromatic heterocycles. The molecule has 1 aromatic carbocycles. The molecule has 1 aliphatic carbocycles. The smallest absolute Gasteiger partial charge is 0.317 e. The molecule has 2 fully saturated rings. The Morgan fingerprint density at radius 1 is 1.10 bits per heavy atom. The molecule has 0 bridgehead atoms. The number of rotatable bonds is 3. The van der Waals surface area contributed by atoms with E-state index in [1.807, 2.05) is 0 Å². The molecule has 0 unspecified atom stereocenters. The standard InChI is InChI=1S/C14H18N2S.C9H18N2O/c1-2-15-6-8-16(9-7-15)14-5-3-4-12-10-17-11-13(12)14;1-11(2)9(12)10-8-6-4-3-5-7-8/h3-5,10-11H,2,6-9H2,1H3;8H,3-7H2,1-2H3,(H,10,12). The number of fused-ring (bicyclic) bond motifs is 1. The molecule has 5 nitrogen and oxygen atoms in total. The highest BCUT2D eigenvalue weighted by Gasteiger charge is 2.17. The number of nitrogens with one attached hydrogen (secondary N) is 1. The van der Waals surface area contributed by atoms with Crippen LogP contribution in [0.1, 0.15) is 39.0 Å². The number of carbonyl (C=O) groups excluding carboxylic acids is 1. The van der Waals surface area contributed by atoms with Gasteiger partial charge in [0.1, 0.15) is 0 Å². The van der Waals surface area contributed by atoms with Crippen LogP contribution in [0.5, 0.6) is 0 Å². The Morgan fingerprint density at radius 2 is 1.83 bits per heavy atom. The van der Waals surface area contributed by atoms with Crippen LogP contribution in [-0.4, -0.2) is 68.7 Å². The van der Waals surface area contributed by atoms with Gasteiger partial charge >= 0.3 is 6.03 Å². The van der Waals surface area contributed by atoms with E-state index in [1.165, 1.54) is 55.4 Å². The maximum Gasteiger partial charge on any atom is 0.317 e. The van der Waals surface area contributed by atoms with Crippen molar-refractivity contribution in [2.45, 2.75) is 45.1 Å². The van der Waals surface area contributed by atoms with Crippen molar-refractivity contribution in [3.05, 3.63) is 29.0 Å². The summed E-state index contributed by atoms with van der Waals surface area (Å²) < 4.78 is 0. The van der Waals surface area contributed by atoms with Crippen molar-refractivity contribution in [1.82, 2.24) is 15.1 Å². The van der Waals surface area contributed by atoms with Gasteiger partial charge in [0.2, 0.25) is 0 Å². The molecule has 6 heteroatoms. The average molecular weight is 417 g/mol. The first-order valence-corrected chi connectivity index (χ1v) is 11.9. The largest absolute Gasteiger partial charge is 0.368 e. The van der Waals surface area contributed by atoms with Crippen LogP contribution in [0.2, 0.25) is 0 Å². The van der Waals surface area contributed by atoms with Crippen molar-refractivity contribution in [1.29, 1.82) is 0 Å². The first-order valence-electron chi connectivity index (χ1n) is 11.0. The first kappa shape index (κ1) is 21.9. The number of thiophene rings is 1. The molecule has 4 rings (SSSR count). The van der Waals surface area contributed by atoms with Gasteiger partial charge in [-0.1, -0.05) is 38.3 Å². The molecule has 29 heavy (non-hydrogen) atoms. The molecule has 0 spiro atoms. The highest BCUT2D eigenvalue weighted by Crippen LogP contribution is 2.30. The Morgan fingerprint density at radius 3 is 2.48 bits per heavy atom. The first-order chi connectivity index (χ1) is 14.1. The van der Waals surface area contributed by atoms with Crippen LogP contribution in [0.15, 0.2) is 29.0 Å². The predicted molar refractivity (Wildman–Crippen MR) is 125 cm³/mol. The van der Waals surface area contributed by atoms with Crippen LogP contribution in [0.3, 0.4) is 0 Å². The lowest BCUT2D eigenvalue weighted by molar-refractivity contribution is 0.209. The minimum atomic E-state index is 0.0434. The SMILES string of the molecule is CCN1CCN(c2cccc3cscc23)CC1.CN(C)C(=O)NC1CCCCC1. The highest BCUT2D eigenvalue weighted by molar-refractivity contribution is 7.09. The normalized spacial score (nSPS) is 18.2. The molecule has 0 radical (unpaired) electrons. The lowest BCUT2D eigenvalue weighted by Crippen LogP contribution is -2.46. The summed E-state index contributed by atoms with van der Waals surface area (Å²) in [6, 6.07) is 7.11. The van der Waals surface area contributed by atoms with Crippen LogP contribution in [0.25, 0.3) is 10.8 Å². The number of anilines is 1. The van der Waals surface area contributed by atoms with E-state index >= 15 is 0 Å². The monoisotopic (exact) mass is 416 g/mol. The van der Waals surface area contributed by atoms with Crippen molar-refractivity contribution >= 4 is 33.8 Å². The lowest BCUT2D eigenvalue weighted by atomic mass is 9.96. The highest BCUT2D eigenvalue weighted by atomic mass is 32.1. The molecular weight excluding hydrogens is 380 g/mol. The second-order valence-electron chi connectivity index (χ2n) is 8.25. The van der Waals surface area contributed by atoms with Crippen molar-refractivity contribution < 1.29 is 4.79 Å². The molecule has 2 heterocycles. The third-order valence-corrected chi connectivity index (χ3v) is 6.76. The van der Waals surface area contributed by atoms with Gasteiger partial charge in [-0.25, -0.2) is 4.79 Å². The van der Waals surface area contributed by atoms with Gasteiger partial charge in [0.05, 0.1) is 0 Å². The Bertz CT molecular complexity index is 761. The summed E-state index contributed by atoms with van der Waals surface area (Å²) in [6.07, 6.45) is 6.16. The van der Waals surface area contributed by atoms with Crippen molar-refractivity contribution in [2.24, 2.45) is 0 Å². The Hall–Kier alpha value is -1.79. The molecule has 2 aliphatic rings. The fourth-order valence-corrected chi connectivity index (χ4v) is 4.92. The summed E-state index contributed by atoms with van der Waals surface area (Å²) in [4.78, 5) is 17.9. The van der Waals surface area contributed by atoms with Gasteiger partial charge < -0.3 is 20.0 Å². The topological polar surface area (TPSA) is 38.8 Å². The van der Waals surface area contributed by atoms with Crippen LogP contribution >= 0.6 is 11.3 Å². The fraction of sp³-hybridized carbons (Fsp3) is 0.609. The van der Waals surface area contributed by atoms with Gasteiger partial charge in [-0.05, 0) is 36.2 Å². The zero-order chi connectivity index (χ0) is 20.6. The number of piperazine rings is 1. The number of nitrogens with zero attached hydrogens (tertiary/aromatic N) is 3. The van der Waals surface area contributed by atoms with E-state index in [0.29, 0.717) is 6.04 Å². The maximum absolute atomic E-state index is 11.2. The maximum atomic E-state index is 11.2. The summed E-state index contributed by atoms with van der Waals surface area (Å²) in [5, 5.41) is 10.3. The van der Waals surface area contributed by atoms with Gasteiger partial charge in [-0.3, -0.25) is 0 Å². The summed E-state index contributed by atoms with van der Waals surface area (Å²) in [5.41, 5.74) is 1.42. The van der Waals surface area contributed by atoms with E-state index in [-0.39, 0.29) is 6.03 Å². The van der Waals surface area contributed by atoms with Crippen LogP contribution < -0.4 is 10.2 Å². The van der Waals surface area contributed by atoms with E-state index in [1.54, 1.807) is 30.3 Å². The second-order valence-corrected chi connectivity index (χ2v) is 9.00. The molecule has 1 saturated heterocycles. The zero-order valence-electron chi connectivity index (χ0n) is 18.2. The molecular formula is C23H36N4OS. The predicted octanol–water partition coefficient (Wildman–Crippen LogP) is 4.63. The Labute approximate surface area is 179 Å². The van der Waals surface area contributed by atoms with Crippen molar-refractivity contribution in [2.75, 3.05) is 51.7 Å². The van der Waals surface area contributed by atoms with E-state index in [9.17, 15) is 4.79 Å². The molecule has 1 N–H and O–H groups in total. The molecule has 2 aromatic rings. The van der Waals surface area contributed by atoms with E-state index in [2.05, 4.69) is 51.0 Å². The summed E-state index contributed by atoms with van der Waals surface area (Å²) in [5.74, 6) is 0. The molecule has 160 valence electrons. The number of amides is 2. The van der Waals surface area contributed by atoms with Crippen LogP contribution in [-0.2, 0) is 0 Å². The number of hydrogen-bond donors (Lipinski definition) is 1. The van der Waals surface area contributed by atoms with Crippen molar-refractivity contribution in [3.63, 3.8) is 0 Å². The van der Waals surface area contributed by atoms with E-state index < -0.39 is 0 Å². The third kappa shape index (κ3) is 6.09. The number of benzene rings is 1. The second kappa shape index (κ2) is 10.8. The minimum absolute atomic E-state index is 0.0434. The Balaban J connectivity index is 0.000000177. The summed E-state index contributed by atoms with van der Waals surface area (Å²) in [6.45, 7) is 8.12. The minimum Gasteiger partial charge on any atom is -0.368 e. The summed E-state index contributed by atoms with van der Waals surface area (Å²) >= 11 is 1.80. The fourth-order valence-electron chi connectivity index (χ4n) is 4.11. The third-order valence-electron chi connectivity index (χ3n) is 6.00. The number of urea groups is 1. The van der Waals surface area contributed by atoms with Gasteiger partial charge in [-0.15, -0.1) is 0 Å². The van der Waals surface area contributed by atoms with E-state index in [0.717, 1.165) is 25.9 Å². The van der Waals surface area contributed by atoms with Crippen LogP contribution in [0, 0.1) is 0 Å². The van der Waals surface area contributed by atoms with Gasteiger partial charge in [0.15, 0.2) is 0 Å². The van der Waals surface area contributed by atoms with Gasteiger partial charge in [0.25, 0.3) is 0 Å². The molecule has 1 aliphatic heterocycles. The molecule has 1 saturated carbocycles. The average Bonchev–Trinajstić information content (AvgIpc) is 3.24. The van der Waals surface area contributed by atoms with Gasteiger partial charge in [0, 0.05) is 62.8 Å². The number of carbonyl (C=O) groups is 1. The number of likely N-dealkylation sites (N-methyl/N-ethyl adjacent to an activating group) is 1. The Kier molecular flexibility index (Phi) is 8.19. The van der Waals surface area contributed by atoms with Crippen molar-refractivity contribution in [3.8, 4) is 0 Å². The van der Waals surface area contributed by atoms with Gasteiger partial charge in [-0.2, -0.15) is 11.3 Å². The van der Waals surface area contributed by atoms with Crippen LogP contribution in [0.4, 0.5) is 10.5 Å². The lowest BCUT2D eigenvalue weighted by Gasteiger charge is -2.35. The molecule has 0 atom stereocenters. The summed E-state index contributed by atoms with van der Waals surface area (Å²) in [7, 11) is 3.55. The number of hydrogen-bond acceptors (Lipinski definition) is 4. The molecule has 2 amide bonds. The van der Waals surface area contributed by atoms with E-state index in [4.69, 9.17) is 0 Å². The quantitative estimate of drug-likeness (QED) is 0.793.